The Morgan fingerprint density at radius 3 is 2.85 bits per heavy atom. The maximum absolute atomic E-state index is 11.6. The normalized spacial score (nSPS) is 15.2. The van der Waals surface area contributed by atoms with Crippen molar-refractivity contribution in [2.45, 2.75) is 19.3 Å². The minimum atomic E-state index is -0.465. The minimum Gasteiger partial charge on any atom is -0.465 e. The molecule has 1 aromatic rings. The summed E-state index contributed by atoms with van der Waals surface area (Å²) in [6, 6.07) is 5.30. The molecule has 1 aliphatic rings. The number of carbonyl (C=O) groups excluding carboxylic acids is 1. The van der Waals surface area contributed by atoms with Crippen molar-refractivity contribution in [3.63, 3.8) is 0 Å². The van der Waals surface area contributed by atoms with E-state index in [0.29, 0.717) is 34.9 Å². The zero-order valence-corrected chi connectivity index (χ0v) is 12.0. The van der Waals surface area contributed by atoms with Gasteiger partial charge in [0.2, 0.25) is 0 Å². The third-order valence-electron chi connectivity index (χ3n) is 3.62. The molecule has 1 fully saturated rings. The minimum absolute atomic E-state index is 0.0366. The molecule has 1 aliphatic carbocycles. The lowest BCUT2D eigenvalue weighted by Crippen LogP contribution is -2.16. The number of halogens is 1. The van der Waals surface area contributed by atoms with Crippen molar-refractivity contribution in [3.8, 4) is 6.07 Å². The molecule has 6 heteroatoms. The molecular formula is C14H16ClN3O2. The van der Waals surface area contributed by atoms with Crippen LogP contribution in [0.2, 0.25) is 5.02 Å². The lowest BCUT2D eigenvalue weighted by atomic mass is 10.0. The number of nitrogens with one attached hydrogen (secondary N) is 1. The molecule has 5 nitrogen and oxygen atoms in total. The SMILES string of the molecule is COC(=O)c1cc(Cl)c(N)c(NCC2(CC#N)CC2)c1. The second-order valence-corrected chi connectivity index (χ2v) is 5.51. The van der Waals surface area contributed by atoms with E-state index >= 15 is 0 Å². The van der Waals surface area contributed by atoms with Crippen molar-refractivity contribution in [1.82, 2.24) is 0 Å². The number of hydrogen-bond acceptors (Lipinski definition) is 5. The Morgan fingerprint density at radius 2 is 2.30 bits per heavy atom. The van der Waals surface area contributed by atoms with E-state index in [1.165, 1.54) is 13.2 Å². The van der Waals surface area contributed by atoms with Crippen molar-refractivity contribution in [3.05, 3.63) is 22.7 Å². The number of nitriles is 1. The summed E-state index contributed by atoms with van der Waals surface area (Å²) in [6.45, 7) is 0.645. The van der Waals surface area contributed by atoms with Gasteiger partial charge in [0.15, 0.2) is 0 Å². The van der Waals surface area contributed by atoms with Crippen LogP contribution in [0.15, 0.2) is 12.1 Å². The van der Waals surface area contributed by atoms with Crippen LogP contribution in [-0.2, 0) is 4.74 Å². The highest BCUT2D eigenvalue weighted by Crippen LogP contribution is 2.48. The largest absolute Gasteiger partial charge is 0.465 e. The van der Waals surface area contributed by atoms with Gasteiger partial charge in [0.25, 0.3) is 0 Å². The summed E-state index contributed by atoms with van der Waals surface area (Å²) in [5.41, 5.74) is 7.28. The molecule has 0 heterocycles. The van der Waals surface area contributed by atoms with Gasteiger partial charge in [-0.2, -0.15) is 5.26 Å². The smallest absolute Gasteiger partial charge is 0.337 e. The van der Waals surface area contributed by atoms with Gasteiger partial charge in [0.1, 0.15) is 0 Å². The summed E-state index contributed by atoms with van der Waals surface area (Å²) in [6.07, 6.45) is 2.57. The van der Waals surface area contributed by atoms with Crippen LogP contribution in [0, 0.1) is 16.7 Å². The van der Waals surface area contributed by atoms with Gasteiger partial charge in [0, 0.05) is 18.4 Å². The lowest BCUT2D eigenvalue weighted by Gasteiger charge is -2.16. The molecule has 0 aliphatic heterocycles. The number of nitrogens with zero attached hydrogens (tertiary/aromatic N) is 1. The summed E-state index contributed by atoms with van der Waals surface area (Å²) >= 11 is 6.02. The van der Waals surface area contributed by atoms with E-state index in [-0.39, 0.29) is 5.41 Å². The number of nitrogen functional groups attached to an aromatic ring is 1. The monoisotopic (exact) mass is 293 g/mol. The van der Waals surface area contributed by atoms with Gasteiger partial charge >= 0.3 is 5.97 Å². The highest BCUT2D eigenvalue weighted by Gasteiger charge is 2.42. The van der Waals surface area contributed by atoms with Crippen molar-refractivity contribution in [2.75, 3.05) is 24.7 Å². The lowest BCUT2D eigenvalue weighted by molar-refractivity contribution is 0.0601. The van der Waals surface area contributed by atoms with Crippen molar-refractivity contribution < 1.29 is 9.53 Å². The third-order valence-corrected chi connectivity index (χ3v) is 3.93. The van der Waals surface area contributed by atoms with Crippen LogP contribution in [0.5, 0.6) is 0 Å². The highest BCUT2D eigenvalue weighted by molar-refractivity contribution is 6.34. The molecule has 1 aromatic carbocycles. The van der Waals surface area contributed by atoms with Crippen molar-refractivity contribution in [2.24, 2.45) is 5.41 Å². The maximum Gasteiger partial charge on any atom is 0.337 e. The first-order chi connectivity index (χ1) is 9.51. The number of hydrogen-bond donors (Lipinski definition) is 2. The molecule has 0 amide bonds. The summed E-state index contributed by atoms with van der Waals surface area (Å²) in [4.78, 5) is 11.6. The van der Waals surface area contributed by atoms with Crippen LogP contribution >= 0.6 is 11.6 Å². The number of methoxy groups -OCH3 is 1. The molecule has 3 N–H and O–H groups in total. The zero-order chi connectivity index (χ0) is 14.8. The van der Waals surface area contributed by atoms with Crippen molar-refractivity contribution in [1.29, 1.82) is 5.26 Å². The fourth-order valence-corrected chi connectivity index (χ4v) is 2.26. The Bertz CT molecular complexity index is 577. The Kier molecular flexibility index (Phi) is 4.05. The molecule has 0 atom stereocenters. The number of esters is 1. The number of anilines is 2. The number of ether oxygens (including phenoxy) is 1. The molecule has 0 aromatic heterocycles. The summed E-state index contributed by atoms with van der Waals surface area (Å²) < 4.78 is 4.67. The topological polar surface area (TPSA) is 88.1 Å². The predicted molar refractivity (Wildman–Crippen MR) is 77.6 cm³/mol. The molecule has 0 saturated heterocycles. The highest BCUT2D eigenvalue weighted by atomic mass is 35.5. The van der Waals surface area contributed by atoms with E-state index in [1.807, 2.05) is 0 Å². The Morgan fingerprint density at radius 1 is 1.60 bits per heavy atom. The van der Waals surface area contributed by atoms with E-state index in [2.05, 4.69) is 16.1 Å². The molecular weight excluding hydrogens is 278 g/mol. The van der Waals surface area contributed by atoms with Gasteiger partial charge < -0.3 is 15.8 Å². The van der Waals surface area contributed by atoms with Crippen LogP contribution < -0.4 is 11.1 Å². The number of rotatable bonds is 5. The molecule has 0 spiro atoms. The molecule has 20 heavy (non-hydrogen) atoms. The summed E-state index contributed by atoms with van der Waals surface area (Å²) in [5.74, 6) is -0.465. The Hall–Kier alpha value is -1.93. The van der Waals surface area contributed by atoms with Crippen LogP contribution in [0.1, 0.15) is 29.6 Å². The third kappa shape index (κ3) is 2.97. The van der Waals surface area contributed by atoms with Gasteiger partial charge in [-0.3, -0.25) is 0 Å². The Labute approximate surface area is 122 Å². The van der Waals surface area contributed by atoms with Crippen LogP contribution in [0.3, 0.4) is 0 Å². The Balaban J connectivity index is 2.17. The van der Waals surface area contributed by atoms with Crippen LogP contribution in [-0.4, -0.2) is 19.6 Å². The molecule has 1 saturated carbocycles. The fraction of sp³-hybridized carbons (Fsp3) is 0.429. The maximum atomic E-state index is 11.6. The van der Waals surface area contributed by atoms with Gasteiger partial charge in [-0.15, -0.1) is 0 Å². The number of benzene rings is 1. The molecule has 0 radical (unpaired) electrons. The standard InChI is InChI=1S/C14H16ClN3O2/c1-20-13(19)9-6-10(15)12(17)11(7-9)18-8-14(2-3-14)4-5-16/h6-7,18H,2-4,8,17H2,1H3. The quantitative estimate of drug-likeness (QED) is 0.644. The van der Waals surface area contributed by atoms with Crippen molar-refractivity contribution >= 4 is 28.9 Å². The van der Waals surface area contributed by atoms with Gasteiger partial charge in [-0.1, -0.05) is 11.6 Å². The average molecular weight is 294 g/mol. The van der Waals surface area contributed by atoms with Crippen LogP contribution in [0.25, 0.3) is 0 Å². The first-order valence-electron chi connectivity index (χ1n) is 6.29. The first kappa shape index (κ1) is 14.5. The van der Waals surface area contributed by atoms with E-state index in [1.54, 1.807) is 6.07 Å². The molecule has 106 valence electrons. The van der Waals surface area contributed by atoms with E-state index in [4.69, 9.17) is 22.6 Å². The van der Waals surface area contributed by atoms with E-state index < -0.39 is 5.97 Å². The van der Waals surface area contributed by atoms with Gasteiger partial charge in [-0.05, 0) is 25.0 Å². The van der Waals surface area contributed by atoms with Gasteiger partial charge in [0.05, 0.1) is 35.1 Å². The second kappa shape index (κ2) is 5.59. The fourth-order valence-electron chi connectivity index (χ4n) is 2.04. The number of nitrogens with two attached hydrogens (primary N) is 1. The second-order valence-electron chi connectivity index (χ2n) is 5.10. The average Bonchev–Trinajstić information content (AvgIpc) is 3.20. The van der Waals surface area contributed by atoms with E-state index in [0.717, 1.165) is 12.8 Å². The predicted octanol–water partition coefficient (Wildman–Crippen LogP) is 2.81. The molecule has 0 unspecified atom stereocenters. The van der Waals surface area contributed by atoms with E-state index in [9.17, 15) is 4.79 Å². The van der Waals surface area contributed by atoms with Gasteiger partial charge in [-0.25, -0.2) is 4.79 Å². The first-order valence-corrected chi connectivity index (χ1v) is 6.67. The molecule has 2 rings (SSSR count). The number of carbonyl (C=O) groups is 1. The van der Waals surface area contributed by atoms with Crippen LogP contribution in [0.4, 0.5) is 11.4 Å². The summed E-state index contributed by atoms with van der Waals surface area (Å²) in [7, 11) is 1.31. The summed E-state index contributed by atoms with van der Waals surface area (Å²) in [5, 5.41) is 12.3. The molecule has 0 bridgehead atoms. The zero-order valence-electron chi connectivity index (χ0n) is 11.2.